The fraction of sp³-hybridized carbons (Fsp3) is 0. The highest BCUT2D eigenvalue weighted by atomic mass is 79.9. The second kappa shape index (κ2) is 7.85. The lowest BCUT2D eigenvalue weighted by atomic mass is 10.2. The number of rotatable bonds is 3. The normalized spacial score (nSPS) is 11.4. The summed E-state index contributed by atoms with van der Waals surface area (Å²) in [5, 5.41) is 0. The predicted molar refractivity (Wildman–Crippen MR) is 104 cm³/mol. The molecule has 128 valence electrons. The van der Waals surface area contributed by atoms with Crippen LogP contribution in [0.25, 0.3) is 0 Å². The van der Waals surface area contributed by atoms with Crippen LogP contribution in [0, 0.1) is 0 Å². The van der Waals surface area contributed by atoms with Gasteiger partial charge < -0.3 is 9.29 Å². The van der Waals surface area contributed by atoms with Crippen LogP contribution in [0.2, 0.25) is 0 Å². The fourth-order valence-electron chi connectivity index (χ4n) is 1.67. The number of hydrogen-bond donors (Lipinski definition) is 0. The van der Waals surface area contributed by atoms with Crippen molar-refractivity contribution in [3.05, 3.63) is 52.2 Å². The summed E-state index contributed by atoms with van der Waals surface area (Å²) in [5.74, 6) is -0.618. The molecule has 0 saturated carbocycles. The summed E-state index contributed by atoms with van der Waals surface area (Å²) < 4.78 is 40.6. The maximum atomic E-state index is 12.4. The van der Waals surface area contributed by atoms with Gasteiger partial charge in [-0.15, -0.1) is 0 Å². The zero-order chi connectivity index (χ0) is 18.2. The molecule has 11 heteroatoms. The van der Waals surface area contributed by atoms with E-state index < -0.39 is 21.0 Å². The number of carbonyl (C=O) groups is 1. The SMILES string of the molecule is O=C(Oc1ccc(S(=O)(=O)[O-])c(Br)c1Br)c1c(Br)cc(Br)cc1Br. The minimum absolute atomic E-state index is 0.0169. The molecule has 0 fully saturated rings. The number of esters is 1. The Hall–Kier alpha value is 0.220. The van der Waals surface area contributed by atoms with E-state index in [-0.39, 0.29) is 20.3 Å². The van der Waals surface area contributed by atoms with Gasteiger partial charge in [0, 0.05) is 13.4 Å². The number of halogens is 5. The molecule has 0 atom stereocenters. The van der Waals surface area contributed by atoms with Crippen LogP contribution in [0.1, 0.15) is 10.4 Å². The third kappa shape index (κ3) is 4.49. The number of carbonyl (C=O) groups excluding carboxylic acids is 1. The second-order valence-electron chi connectivity index (χ2n) is 4.28. The molecule has 0 aliphatic carbocycles. The third-order valence-electron chi connectivity index (χ3n) is 2.69. The molecule has 2 aromatic carbocycles. The highest BCUT2D eigenvalue weighted by Crippen LogP contribution is 2.38. The molecule has 0 radical (unpaired) electrons. The number of benzene rings is 2. The molecule has 0 aliphatic rings. The Balaban J connectivity index is 2.43. The molecule has 0 N–H and O–H groups in total. The van der Waals surface area contributed by atoms with E-state index in [2.05, 4.69) is 79.6 Å². The van der Waals surface area contributed by atoms with Crippen molar-refractivity contribution < 1.29 is 22.5 Å². The molecule has 0 amide bonds. The van der Waals surface area contributed by atoms with Crippen molar-refractivity contribution in [3.8, 4) is 5.75 Å². The Morgan fingerprint density at radius 2 is 1.50 bits per heavy atom. The van der Waals surface area contributed by atoms with Gasteiger partial charge in [0.2, 0.25) is 0 Å². The average molecular weight is 672 g/mol. The summed E-state index contributed by atoms with van der Waals surface area (Å²) in [6.45, 7) is 0. The van der Waals surface area contributed by atoms with Crippen LogP contribution in [0.5, 0.6) is 5.75 Å². The minimum atomic E-state index is -4.66. The minimum Gasteiger partial charge on any atom is -0.744 e. The molecule has 0 spiro atoms. The van der Waals surface area contributed by atoms with Gasteiger partial charge in [-0.05, 0) is 88.0 Å². The molecule has 0 bridgehead atoms. The van der Waals surface area contributed by atoms with Crippen LogP contribution in [-0.4, -0.2) is 18.9 Å². The number of ether oxygens (including phenoxy) is 1. The van der Waals surface area contributed by atoms with Crippen LogP contribution < -0.4 is 4.74 Å². The van der Waals surface area contributed by atoms with Crippen LogP contribution in [-0.2, 0) is 10.1 Å². The summed E-state index contributed by atoms with van der Waals surface area (Å²) in [5.41, 5.74) is 0.252. The summed E-state index contributed by atoms with van der Waals surface area (Å²) in [6.07, 6.45) is 0. The van der Waals surface area contributed by atoms with Crippen molar-refractivity contribution >= 4 is 95.7 Å². The standard InChI is InChI=1S/C13H5Br5O5S/c14-5-3-6(15)10(7(16)4-5)13(19)23-8-1-2-9(24(20,21)22)12(18)11(8)17/h1-4H,(H,20,21,22)/p-1. The summed E-state index contributed by atoms with van der Waals surface area (Å²) >= 11 is 16.0. The predicted octanol–water partition coefficient (Wildman–Crippen LogP) is 5.62. The van der Waals surface area contributed by atoms with E-state index in [4.69, 9.17) is 4.74 Å². The van der Waals surface area contributed by atoms with Gasteiger partial charge in [0.15, 0.2) is 0 Å². The van der Waals surface area contributed by atoms with Crippen molar-refractivity contribution in [2.75, 3.05) is 0 Å². The Morgan fingerprint density at radius 3 is 2.00 bits per heavy atom. The van der Waals surface area contributed by atoms with E-state index in [0.717, 1.165) is 10.5 Å². The van der Waals surface area contributed by atoms with Gasteiger partial charge in [0.05, 0.1) is 19.4 Å². The topological polar surface area (TPSA) is 83.5 Å². The lowest BCUT2D eigenvalue weighted by molar-refractivity contribution is 0.0731. The smallest absolute Gasteiger partial charge is 0.345 e. The lowest BCUT2D eigenvalue weighted by Gasteiger charge is -2.14. The van der Waals surface area contributed by atoms with Crippen molar-refractivity contribution in [3.63, 3.8) is 0 Å². The van der Waals surface area contributed by atoms with Crippen molar-refractivity contribution in [2.24, 2.45) is 0 Å². The first-order chi connectivity index (χ1) is 11.0. The molecular formula is C13H4Br5O5S-. The molecule has 0 saturated heterocycles. The Labute approximate surface area is 179 Å². The summed E-state index contributed by atoms with van der Waals surface area (Å²) in [7, 11) is -4.66. The van der Waals surface area contributed by atoms with Crippen LogP contribution in [0.4, 0.5) is 0 Å². The Kier molecular flexibility index (Phi) is 6.71. The van der Waals surface area contributed by atoms with Crippen LogP contribution >= 0.6 is 79.6 Å². The quantitative estimate of drug-likeness (QED) is 0.240. The van der Waals surface area contributed by atoms with E-state index in [1.165, 1.54) is 6.07 Å². The molecule has 0 aliphatic heterocycles. The molecule has 5 nitrogen and oxygen atoms in total. The molecule has 2 rings (SSSR count). The first-order valence-corrected chi connectivity index (χ1v) is 11.2. The maximum Gasteiger partial charge on any atom is 0.345 e. The van der Waals surface area contributed by atoms with E-state index >= 15 is 0 Å². The molecule has 0 heterocycles. The Bertz CT molecular complexity index is 919. The van der Waals surface area contributed by atoms with Crippen molar-refractivity contribution in [2.45, 2.75) is 4.90 Å². The molecule has 24 heavy (non-hydrogen) atoms. The van der Waals surface area contributed by atoms with Crippen molar-refractivity contribution in [1.29, 1.82) is 0 Å². The lowest BCUT2D eigenvalue weighted by Crippen LogP contribution is -2.11. The highest BCUT2D eigenvalue weighted by Gasteiger charge is 2.21. The zero-order valence-corrected chi connectivity index (χ0v) is 19.9. The van der Waals surface area contributed by atoms with Gasteiger partial charge in [-0.25, -0.2) is 13.2 Å². The number of hydrogen-bond acceptors (Lipinski definition) is 5. The highest BCUT2D eigenvalue weighted by molar-refractivity contribution is 9.13. The van der Waals surface area contributed by atoms with Crippen LogP contribution in [0.3, 0.4) is 0 Å². The second-order valence-corrected chi connectivity index (χ2v) is 9.84. The molecule has 2 aromatic rings. The van der Waals surface area contributed by atoms with Gasteiger partial charge in [0.25, 0.3) is 0 Å². The largest absolute Gasteiger partial charge is 0.744 e. The van der Waals surface area contributed by atoms with Crippen molar-refractivity contribution in [1.82, 2.24) is 0 Å². The summed E-state index contributed by atoms with van der Waals surface area (Å²) in [6, 6.07) is 5.64. The maximum absolute atomic E-state index is 12.4. The zero-order valence-electron chi connectivity index (χ0n) is 11.1. The summed E-state index contributed by atoms with van der Waals surface area (Å²) in [4.78, 5) is 11.9. The van der Waals surface area contributed by atoms with E-state index in [1.54, 1.807) is 12.1 Å². The monoisotopic (exact) mass is 667 g/mol. The average Bonchev–Trinajstić information content (AvgIpc) is 2.41. The van der Waals surface area contributed by atoms with Gasteiger partial charge in [0.1, 0.15) is 15.9 Å². The van der Waals surface area contributed by atoms with Gasteiger partial charge in [-0.3, -0.25) is 0 Å². The Morgan fingerprint density at radius 1 is 0.958 bits per heavy atom. The van der Waals surface area contributed by atoms with Gasteiger partial charge in [-0.1, -0.05) is 15.9 Å². The van der Waals surface area contributed by atoms with Gasteiger partial charge in [-0.2, -0.15) is 0 Å². The molecular weight excluding hydrogens is 668 g/mol. The molecule has 0 aromatic heterocycles. The first kappa shape index (κ1) is 20.5. The van der Waals surface area contributed by atoms with Gasteiger partial charge >= 0.3 is 5.97 Å². The van der Waals surface area contributed by atoms with E-state index in [0.29, 0.717) is 8.95 Å². The first-order valence-electron chi connectivity index (χ1n) is 5.83. The third-order valence-corrected chi connectivity index (χ3v) is 7.69. The van der Waals surface area contributed by atoms with E-state index in [1.807, 2.05) is 0 Å². The van der Waals surface area contributed by atoms with Crippen LogP contribution in [0.15, 0.2) is 51.5 Å². The molecule has 0 unspecified atom stereocenters. The van der Waals surface area contributed by atoms with E-state index in [9.17, 15) is 17.8 Å². The fourth-order valence-corrected chi connectivity index (χ4v) is 6.29.